The third kappa shape index (κ3) is 3.63. The van der Waals surface area contributed by atoms with Crippen molar-refractivity contribution >= 4 is 15.8 Å². The molecule has 0 fully saturated rings. The van der Waals surface area contributed by atoms with Crippen molar-refractivity contribution in [1.82, 2.24) is 9.78 Å². The maximum absolute atomic E-state index is 13.4. The van der Waals surface area contributed by atoms with E-state index in [1.54, 1.807) is 6.92 Å². The molecule has 0 aliphatic heterocycles. The molecule has 0 saturated heterocycles. The van der Waals surface area contributed by atoms with E-state index in [1.165, 1.54) is 11.6 Å². The van der Waals surface area contributed by atoms with Gasteiger partial charge in [-0.3, -0.25) is 14.8 Å². The lowest BCUT2D eigenvalue weighted by Crippen LogP contribution is -2.24. The average Bonchev–Trinajstić information content (AvgIpc) is 2.73. The molecule has 2 aromatic rings. The maximum Gasteiger partial charge on any atom is 0.343 e. The zero-order valence-electron chi connectivity index (χ0n) is 14.4. The van der Waals surface area contributed by atoms with Crippen LogP contribution < -0.4 is 4.18 Å². The van der Waals surface area contributed by atoms with E-state index in [4.69, 9.17) is 4.18 Å². The van der Waals surface area contributed by atoms with Crippen molar-refractivity contribution in [2.75, 3.05) is 0 Å². The van der Waals surface area contributed by atoms with Gasteiger partial charge in [0.1, 0.15) is 10.7 Å². The Morgan fingerprint density at radius 2 is 1.88 bits per heavy atom. The van der Waals surface area contributed by atoms with E-state index in [-0.39, 0.29) is 10.6 Å². The lowest BCUT2D eigenvalue weighted by Gasteiger charge is -2.21. The highest BCUT2D eigenvalue weighted by Gasteiger charge is 2.32. The van der Waals surface area contributed by atoms with Gasteiger partial charge in [-0.05, 0) is 40.7 Å². The van der Waals surface area contributed by atoms with Crippen molar-refractivity contribution < 1.29 is 21.9 Å². The molecular formula is C15H18FN3O5S. The zero-order chi connectivity index (χ0) is 19.2. The van der Waals surface area contributed by atoms with E-state index in [0.717, 1.165) is 12.1 Å². The Hall–Kier alpha value is -2.49. The van der Waals surface area contributed by atoms with Crippen LogP contribution >= 0.6 is 0 Å². The molecule has 25 heavy (non-hydrogen) atoms. The molecule has 0 aliphatic carbocycles. The molecule has 0 aliphatic rings. The van der Waals surface area contributed by atoms with Crippen molar-refractivity contribution in [2.45, 2.75) is 45.1 Å². The van der Waals surface area contributed by atoms with Gasteiger partial charge in [-0.1, -0.05) is 0 Å². The standard InChI is InChI=1S/C15H18FN3O5S/c1-9-14(10(2)18(17-9)15(3,4)5)25(22,23)24-13-8-11(16)6-7-12(13)19(20)21/h6-8H,1-5H3. The molecule has 0 spiro atoms. The van der Waals surface area contributed by atoms with Gasteiger partial charge in [0, 0.05) is 12.1 Å². The average molecular weight is 371 g/mol. The number of aromatic nitrogens is 2. The second kappa shape index (κ2) is 6.10. The van der Waals surface area contributed by atoms with Crippen LogP contribution in [0, 0.1) is 29.8 Å². The number of hydrogen-bond donors (Lipinski definition) is 0. The predicted octanol–water partition coefficient (Wildman–Crippen LogP) is 3.07. The molecule has 0 saturated carbocycles. The summed E-state index contributed by atoms with van der Waals surface area (Å²) in [5, 5.41) is 15.2. The summed E-state index contributed by atoms with van der Waals surface area (Å²) in [4.78, 5) is 9.98. The van der Waals surface area contributed by atoms with E-state index in [1.807, 2.05) is 20.8 Å². The number of hydrogen-bond acceptors (Lipinski definition) is 6. The third-order valence-electron chi connectivity index (χ3n) is 3.43. The van der Waals surface area contributed by atoms with Crippen LogP contribution in [0.1, 0.15) is 32.2 Å². The van der Waals surface area contributed by atoms with Gasteiger partial charge in [-0.15, -0.1) is 0 Å². The van der Waals surface area contributed by atoms with Crippen molar-refractivity contribution in [1.29, 1.82) is 0 Å². The summed E-state index contributed by atoms with van der Waals surface area (Å²) in [5.41, 5.74) is -0.618. The summed E-state index contributed by atoms with van der Waals surface area (Å²) in [7, 11) is -4.44. The van der Waals surface area contributed by atoms with Crippen LogP contribution in [0.3, 0.4) is 0 Å². The summed E-state index contributed by atoms with van der Waals surface area (Å²) in [6, 6.07) is 2.36. The van der Waals surface area contributed by atoms with Gasteiger partial charge in [0.05, 0.1) is 21.9 Å². The second-order valence-corrected chi connectivity index (χ2v) is 7.97. The normalized spacial score (nSPS) is 12.2. The van der Waals surface area contributed by atoms with Gasteiger partial charge in [0.25, 0.3) is 0 Å². The van der Waals surface area contributed by atoms with Crippen molar-refractivity contribution in [2.24, 2.45) is 0 Å². The molecule has 1 aromatic carbocycles. The molecule has 2 rings (SSSR count). The first-order valence-electron chi connectivity index (χ1n) is 7.29. The Morgan fingerprint density at radius 3 is 2.36 bits per heavy atom. The van der Waals surface area contributed by atoms with Gasteiger partial charge >= 0.3 is 15.8 Å². The van der Waals surface area contributed by atoms with Gasteiger partial charge in [0.2, 0.25) is 5.75 Å². The fraction of sp³-hybridized carbons (Fsp3) is 0.400. The number of rotatable bonds is 4. The first-order chi connectivity index (χ1) is 11.3. The van der Waals surface area contributed by atoms with Crippen LogP contribution in [0.15, 0.2) is 23.1 Å². The first kappa shape index (κ1) is 18.8. The minimum absolute atomic E-state index is 0.187. The number of nitrogens with zero attached hydrogens (tertiary/aromatic N) is 3. The molecule has 0 radical (unpaired) electrons. The highest BCUT2D eigenvalue weighted by molar-refractivity contribution is 7.87. The molecule has 0 unspecified atom stereocenters. The van der Waals surface area contributed by atoms with Crippen molar-refractivity contribution in [3.8, 4) is 5.75 Å². The highest BCUT2D eigenvalue weighted by atomic mass is 32.2. The molecule has 0 atom stereocenters. The maximum atomic E-state index is 13.4. The molecule has 8 nitrogen and oxygen atoms in total. The van der Waals surface area contributed by atoms with Crippen LogP contribution in [0.5, 0.6) is 5.75 Å². The van der Waals surface area contributed by atoms with Gasteiger partial charge in [-0.25, -0.2) is 4.39 Å². The minimum Gasteiger partial charge on any atom is -0.371 e. The van der Waals surface area contributed by atoms with Crippen LogP contribution in [0.2, 0.25) is 0 Å². The molecule has 1 aromatic heterocycles. The van der Waals surface area contributed by atoms with Gasteiger partial charge < -0.3 is 4.18 Å². The number of aryl methyl sites for hydroxylation is 1. The van der Waals surface area contributed by atoms with Gasteiger partial charge in [0.15, 0.2) is 0 Å². The molecule has 10 heteroatoms. The lowest BCUT2D eigenvalue weighted by atomic mass is 10.1. The quantitative estimate of drug-likeness (QED) is 0.465. The Morgan fingerprint density at radius 1 is 1.28 bits per heavy atom. The van der Waals surface area contributed by atoms with Crippen LogP contribution in [0.4, 0.5) is 10.1 Å². The summed E-state index contributed by atoms with van der Waals surface area (Å²) in [6.07, 6.45) is 0. The summed E-state index contributed by atoms with van der Waals surface area (Å²) < 4.78 is 45.1. The predicted molar refractivity (Wildman–Crippen MR) is 87.6 cm³/mol. The Labute approximate surface area is 144 Å². The SMILES string of the molecule is Cc1nn(C(C)(C)C)c(C)c1S(=O)(=O)Oc1cc(F)ccc1[N+](=O)[O-]. The smallest absolute Gasteiger partial charge is 0.343 e. The van der Waals surface area contributed by atoms with Crippen molar-refractivity contribution in [3.63, 3.8) is 0 Å². The molecule has 0 N–H and O–H groups in total. The van der Waals surface area contributed by atoms with Crippen LogP contribution in [-0.4, -0.2) is 23.1 Å². The Balaban J connectivity index is 2.58. The lowest BCUT2D eigenvalue weighted by molar-refractivity contribution is -0.385. The second-order valence-electron chi connectivity index (χ2n) is 6.49. The first-order valence-corrected chi connectivity index (χ1v) is 8.70. The molecular weight excluding hydrogens is 353 g/mol. The Bertz CT molecular complexity index is 945. The highest BCUT2D eigenvalue weighted by Crippen LogP contribution is 2.32. The number of nitro benzene ring substituents is 1. The topological polar surface area (TPSA) is 104 Å². The van der Waals surface area contributed by atoms with E-state index < -0.39 is 37.8 Å². The fourth-order valence-corrected chi connectivity index (χ4v) is 3.81. The van der Waals surface area contributed by atoms with Gasteiger partial charge in [-0.2, -0.15) is 13.5 Å². The number of halogens is 1. The molecule has 0 amide bonds. The molecule has 0 bridgehead atoms. The van der Waals surface area contributed by atoms with Crippen LogP contribution in [0.25, 0.3) is 0 Å². The number of benzene rings is 1. The summed E-state index contributed by atoms with van der Waals surface area (Å²) in [6.45, 7) is 8.59. The largest absolute Gasteiger partial charge is 0.371 e. The van der Waals surface area contributed by atoms with E-state index in [9.17, 15) is 22.9 Å². The molecule has 136 valence electrons. The zero-order valence-corrected chi connectivity index (χ0v) is 15.2. The van der Waals surface area contributed by atoms with E-state index >= 15 is 0 Å². The summed E-state index contributed by atoms with van der Waals surface area (Å²) in [5.74, 6) is -1.54. The Kier molecular flexibility index (Phi) is 4.60. The third-order valence-corrected chi connectivity index (χ3v) is 4.92. The number of nitro groups is 1. The fourth-order valence-electron chi connectivity index (χ4n) is 2.51. The van der Waals surface area contributed by atoms with Crippen LogP contribution in [-0.2, 0) is 15.7 Å². The minimum atomic E-state index is -4.44. The monoisotopic (exact) mass is 371 g/mol. The van der Waals surface area contributed by atoms with E-state index in [0.29, 0.717) is 11.8 Å². The summed E-state index contributed by atoms with van der Waals surface area (Å²) >= 11 is 0. The molecule has 1 heterocycles. The van der Waals surface area contributed by atoms with E-state index in [2.05, 4.69) is 5.10 Å². The van der Waals surface area contributed by atoms with Crippen molar-refractivity contribution in [3.05, 3.63) is 45.5 Å².